The fourth-order valence-electron chi connectivity index (χ4n) is 2.35. The number of rotatable bonds is 4. The molecule has 0 aliphatic carbocycles. The Morgan fingerprint density at radius 2 is 1.96 bits per heavy atom. The van der Waals surface area contributed by atoms with E-state index >= 15 is 0 Å². The van der Waals surface area contributed by atoms with E-state index in [4.69, 9.17) is 21.1 Å². The summed E-state index contributed by atoms with van der Waals surface area (Å²) in [4.78, 5) is 7.61. The first-order valence-corrected chi connectivity index (χ1v) is 9.16. The van der Waals surface area contributed by atoms with E-state index in [0.717, 1.165) is 22.3 Å². The number of halogens is 5. The van der Waals surface area contributed by atoms with Gasteiger partial charge in [-0.2, -0.15) is 13.2 Å². The van der Waals surface area contributed by atoms with Crippen LogP contribution in [0.3, 0.4) is 0 Å². The van der Waals surface area contributed by atoms with Crippen molar-refractivity contribution in [2.75, 3.05) is 20.3 Å². The van der Waals surface area contributed by atoms with Crippen molar-refractivity contribution >= 4 is 52.9 Å². The molecule has 0 radical (unpaired) electrons. The quantitative estimate of drug-likeness (QED) is 0.343. The lowest BCUT2D eigenvalue weighted by atomic mass is 10.2. The number of aliphatic imine (C=N–C) groups is 1. The molecule has 2 heterocycles. The van der Waals surface area contributed by atoms with Gasteiger partial charge in [-0.25, -0.2) is 4.98 Å². The number of aromatic nitrogens is 1. The molecule has 0 saturated heterocycles. The summed E-state index contributed by atoms with van der Waals surface area (Å²) < 4.78 is 48.8. The largest absolute Gasteiger partial charge is 0.486 e. The summed E-state index contributed by atoms with van der Waals surface area (Å²) in [5, 5.41) is 7.75. The van der Waals surface area contributed by atoms with E-state index in [0.29, 0.717) is 47.2 Å². The minimum absolute atomic E-state index is 0. The van der Waals surface area contributed by atoms with Gasteiger partial charge in [0.2, 0.25) is 0 Å². The van der Waals surface area contributed by atoms with E-state index in [1.807, 2.05) is 6.07 Å². The van der Waals surface area contributed by atoms with Crippen molar-refractivity contribution in [3.05, 3.63) is 38.8 Å². The van der Waals surface area contributed by atoms with Gasteiger partial charge in [-0.05, 0) is 17.7 Å². The molecule has 0 spiro atoms. The van der Waals surface area contributed by atoms with Gasteiger partial charge in [-0.3, -0.25) is 4.99 Å². The highest BCUT2D eigenvalue weighted by molar-refractivity contribution is 14.0. The number of guanidine groups is 1. The Kier molecular flexibility index (Phi) is 8.01. The van der Waals surface area contributed by atoms with Crippen molar-refractivity contribution in [1.29, 1.82) is 0 Å². The minimum atomic E-state index is -4.44. The molecule has 1 aromatic heterocycles. The van der Waals surface area contributed by atoms with Crippen molar-refractivity contribution < 1.29 is 22.6 Å². The van der Waals surface area contributed by atoms with Crippen LogP contribution in [-0.4, -0.2) is 31.2 Å². The molecule has 1 aromatic carbocycles. The summed E-state index contributed by atoms with van der Waals surface area (Å²) in [5.41, 5.74) is -0.0426. The van der Waals surface area contributed by atoms with Gasteiger partial charge in [0.1, 0.15) is 18.2 Å². The van der Waals surface area contributed by atoms with E-state index in [1.54, 1.807) is 13.1 Å². The van der Waals surface area contributed by atoms with Gasteiger partial charge in [0.05, 0.1) is 11.6 Å². The molecule has 6 nitrogen and oxygen atoms in total. The standard InChI is InChI=1S/C16H16ClF3N4O2S.HI/c1-21-15(23-7-13-24-12(8-27-13)16(18,19)20)22-6-9-4-10(17)14-11(5-9)25-2-3-26-14;/h4-5,8H,2-3,6-7H2,1H3,(H2,21,22,23);1H. The van der Waals surface area contributed by atoms with Crippen LogP contribution in [-0.2, 0) is 19.3 Å². The number of nitrogens with one attached hydrogen (secondary N) is 2. The third-order valence-electron chi connectivity index (χ3n) is 3.59. The van der Waals surface area contributed by atoms with Crippen LogP contribution >= 0.6 is 46.9 Å². The maximum absolute atomic E-state index is 12.6. The van der Waals surface area contributed by atoms with Crippen LogP contribution in [0.4, 0.5) is 13.2 Å². The molecule has 0 atom stereocenters. The number of hydrogen-bond donors (Lipinski definition) is 2. The summed E-state index contributed by atoms with van der Waals surface area (Å²) in [6.07, 6.45) is -4.44. The van der Waals surface area contributed by atoms with Crippen molar-refractivity contribution in [2.24, 2.45) is 4.99 Å². The molecule has 0 bridgehead atoms. The average molecular weight is 549 g/mol. The lowest BCUT2D eigenvalue weighted by Gasteiger charge is -2.20. The first kappa shape index (κ1) is 22.8. The topological polar surface area (TPSA) is 67.8 Å². The SMILES string of the molecule is CN=C(NCc1cc(Cl)c2c(c1)OCCO2)NCc1nc(C(F)(F)F)cs1.I. The third-order valence-corrected chi connectivity index (χ3v) is 4.72. The van der Waals surface area contributed by atoms with E-state index < -0.39 is 11.9 Å². The van der Waals surface area contributed by atoms with E-state index in [1.165, 1.54) is 0 Å². The van der Waals surface area contributed by atoms with Crippen LogP contribution < -0.4 is 20.1 Å². The predicted octanol–water partition coefficient (Wildman–Crippen LogP) is 4.07. The van der Waals surface area contributed by atoms with Crippen molar-refractivity contribution in [1.82, 2.24) is 15.6 Å². The summed E-state index contributed by atoms with van der Waals surface area (Å²) in [6.45, 7) is 1.43. The van der Waals surface area contributed by atoms with Gasteiger partial charge in [0.15, 0.2) is 23.2 Å². The molecule has 0 fully saturated rings. The lowest BCUT2D eigenvalue weighted by Crippen LogP contribution is -2.36. The Balaban J connectivity index is 0.00000280. The Hall–Kier alpha value is -1.47. The molecule has 0 saturated carbocycles. The first-order chi connectivity index (χ1) is 12.9. The number of hydrogen-bond acceptors (Lipinski definition) is 5. The zero-order valence-corrected chi connectivity index (χ0v) is 18.5. The highest BCUT2D eigenvalue weighted by atomic mass is 127. The number of ether oxygens (including phenoxy) is 2. The number of alkyl halides is 3. The normalized spacial score (nSPS) is 13.7. The van der Waals surface area contributed by atoms with E-state index in [9.17, 15) is 13.2 Å². The van der Waals surface area contributed by atoms with Crippen LogP contribution in [0.2, 0.25) is 5.02 Å². The molecule has 0 amide bonds. The predicted molar refractivity (Wildman–Crippen MR) is 112 cm³/mol. The second-order valence-electron chi connectivity index (χ2n) is 5.51. The molecule has 154 valence electrons. The van der Waals surface area contributed by atoms with Gasteiger partial charge in [-0.1, -0.05) is 11.6 Å². The van der Waals surface area contributed by atoms with Gasteiger partial charge in [-0.15, -0.1) is 35.3 Å². The molecular weight excluding hydrogens is 532 g/mol. The maximum atomic E-state index is 12.6. The third kappa shape index (κ3) is 5.77. The molecule has 2 aromatic rings. The van der Waals surface area contributed by atoms with Crippen molar-refractivity contribution in [3.8, 4) is 11.5 Å². The summed E-state index contributed by atoms with van der Waals surface area (Å²) in [5.74, 6) is 1.53. The average Bonchev–Trinajstić information content (AvgIpc) is 3.11. The fraction of sp³-hybridized carbons (Fsp3) is 0.375. The smallest absolute Gasteiger partial charge is 0.434 e. The van der Waals surface area contributed by atoms with Gasteiger partial charge in [0.25, 0.3) is 0 Å². The van der Waals surface area contributed by atoms with Crippen LogP contribution in [0, 0.1) is 0 Å². The summed E-state index contributed by atoms with van der Waals surface area (Å²) in [7, 11) is 1.56. The van der Waals surface area contributed by atoms with Crippen LogP contribution in [0.15, 0.2) is 22.5 Å². The zero-order valence-electron chi connectivity index (χ0n) is 14.6. The number of thiazole rings is 1. The Morgan fingerprint density at radius 3 is 2.64 bits per heavy atom. The number of fused-ring (bicyclic) bond motifs is 1. The van der Waals surface area contributed by atoms with Crippen LogP contribution in [0.1, 0.15) is 16.3 Å². The zero-order chi connectivity index (χ0) is 19.4. The molecule has 2 N–H and O–H groups in total. The lowest BCUT2D eigenvalue weighted by molar-refractivity contribution is -0.140. The van der Waals surface area contributed by atoms with Crippen molar-refractivity contribution in [3.63, 3.8) is 0 Å². The number of benzene rings is 1. The van der Waals surface area contributed by atoms with Gasteiger partial charge < -0.3 is 20.1 Å². The summed E-state index contributed by atoms with van der Waals surface area (Å²) >= 11 is 7.14. The Morgan fingerprint density at radius 1 is 1.25 bits per heavy atom. The fourth-order valence-corrected chi connectivity index (χ4v) is 3.38. The van der Waals surface area contributed by atoms with Crippen LogP contribution in [0.5, 0.6) is 11.5 Å². The van der Waals surface area contributed by atoms with E-state index in [-0.39, 0.29) is 30.5 Å². The van der Waals surface area contributed by atoms with Crippen LogP contribution in [0.25, 0.3) is 0 Å². The Labute approximate surface area is 185 Å². The minimum Gasteiger partial charge on any atom is -0.486 e. The molecule has 1 aliphatic rings. The molecule has 1 aliphatic heterocycles. The van der Waals surface area contributed by atoms with Gasteiger partial charge >= 0.3 is 6.18 Å². The molecule has 12 heteroatoms. The highest BCUT2D eigenvalue weighted by Gasteiger charge is 2.33. The summed E-state index contributed by atoms with van der Waals surface area (Å²) in [6, 6.07) is 3.57. The molecular formula is C16H17ClF3IN4O2S. The monoisotopic (exact) mass is 548 g/mol. The van der Waals surface area contributed by atoms with Gasteiger partial charge in [0, 0.05) is 19.0 Å². The molecule has 3 rings (SSSR count). The second-order valence-corrected chi connectivity index (χ2v) is 6.86. The molecule has 28 heavy (non-hydrogen) atoms. The Bertz CT molecular complexity index is 848. The number of nitrogens with zero attached hydrogens (tertiary/aromatic N) is 2. The maximum Gasteiger partial charge on any atom is 0.434 e. The van der Waals surface area contributed by atoms with Crippen molar-refractivity contribution in [2.45, 2.75) is 19.3 Å². The second kappa shape index (κ2) is 9.83. The van der Waals surface area contributed by atoms with E-state index in [2.05, 4.69) is 20.6 Å². The highest BCUT2D eigenvalue weighted by Crippen LogP contribution is 2.38. The first-order valence-electron chi connectivity index (χ1n) is 7.91. The molecule has 0 unspecified atom stereocenters.